The zero-order valence-electron chi connectivity index (χ0n) is 10.7. The van der Waals surface area contributed by atoms with Gasteiger partial charge >= 0.3 is 5.97 Å². The Kier molecular flexibility index (Phi) is 3.09. The third kappa shape index (κ3) is 1.79. The van der Waals surface area contributed by atoms with E-state index in [1.165, 1.54) is 0 Å². The topological polar surface area (TPSA) is 35.5 Å². The van der Waals surface area contributed by atoms with Crippen molar-refractivity contribution < 1.29 is 14.3 Å². The lowest BCUT2D eigenvalue weighted by molar-refractivity contribution is 0.0216. The van der Waals surface area contributed by atoms with Gasteiger partial charge < -0.3 is 9.47 Å². The summed E-state index contributed by atoms with van der Waals surface area (Å²) in [6, 6.07) is 4.03. The normalized spacial score (nSPS) is 22.9. The van der Waals surface area contributed by atoms with Gasteiger partial charge in [-0.3, -0.25) is 0 Å². The molecule has 92 valence electrons. The van der Waals surface area contributed by atoms with Gasteiger partial charge in [0, 0.05) is 5.92 Å². The number of rotatable bonds is 2. The minimum Gasteiger partial charge on any atom is -0.496 e. The van der Waals surface area contributed by atoms with E-state index in [9.17, 15) is 4.79 Å². The number of carbonyl (C=O) groups excluding carboxylic acids is 1. The van der Waals surface area contributed by atoms with Crippen molar-refractivity contribution >= 4 is 5.97 Å². The molecule has 0 aromatic heterocycles. The predicted molar refractivity (Wildman–Crippen MR) is 65.6 cm³/mol. The Morgan fingerprint density at radius 1 is 1.41 bits per heavy atom. The first-order chi connectivity index (χ1) is 8.10. The maximum Gasteiger partial charge on any atom is 0.342 e. The molecule has 0 bridgehead atoms. The van der Waals surface area contributed by atoms with Crippen molar-refractivity contribution in [3.05, 3.63) is 28.8 Å². The van der Waals surface area contributed by atoms with Gasteiger partial charge in [-0.15, -0.1) is 0 Å². The van der Waals surface area contributed by atoms with E-state index in [4.69, 9.17) is 9.47 Å². The molecule has 2 atom stereocenters. The fourth-order valence-corrected chi connectivity index (χ4v) is 2.60. The Balaban J connectivity index is 2.64. The molecule has 1 aromatic carbocycles. The van der Waals surface area contributed by atoms with Gasteiger partial charge in [0.1, 0.15) is 17.4 Å². The van der Waals surface area contributed by atoms with Crippen LogP contribution in [0, 0.1) is 6.92 Å². The van der Waals surface area contributed by atoms with Crippen molar-refractivity contribution in [2.75, 3.05) is 7.11 Å². The predicted octanol–water partition coefficient (Wildman–Crippen LogP) is 3.06. The molecule has 2 rings (SSSR count). The zero-order valence-corrected chi connectivity index (χ0v) is 10.7. The first-order valence-electron chi connectivity index (χ1n) is 5.98. The zero-order chi connectivity index (χ0) is 12.6. The summed E-state index contributed by atoms with van der Waals surface area (Å²) in [4.78, 5) is 12.0. The molecule has 0 spiro atoms. The quantitative estimate of drug-likeness (QED) is 0.738. The summed E-state index contributed by atoms with van der Waals surface area (Å²) < 4.78 is 10.7. The van der Waals surface area contributed by atoms with E-state index >= 15 is 0 Å². The number of esters is 1. The van der Waals surface area contributed by atoms with Crippen LogP contribution in [-0.2, 0) is 4.74 Å². The molecule has 1 heterocycles. The number of cyclic esters (lactones) is 1. The summed E-state index contributed by atoms with van der Waals surface area (Å²) in [5, 5.41) is 0. The molecule has 3 nitrogen and oxygen atoms in total. The maximum absolute atomic E-state index is 12.0. The number of aryl methyl sites for hydroxylation is 1. The fraction of sp³-hybridized carbons (Fsp3) is 0.500. The first-order valence-corrected chi connectivity index (χ1v) is 5.98. The van der Waals surface area contributed by atoms with Crippen LogP contribution in [0.1, 0.15) is 47.7 Å². The monoisotopic (exact) mass is 234 g/mol. The SMILES string of the molecule is CC[C@@H]1c2ccc(C)c(OC)c2C(=O)O[C@H]1C. The number of hydrogen-bond acceptors (Lipinski definition) is 3. The van der Waals surface area contributed by atoms with Crippen LogP contribution >= 0.6 is 0 Å². The van der Waals surface area contributed by atoms with Crippen LogP contribution in [0.25, 0.3) is 0 Å². The lowest BCUT2D eigenvalue weighted by atomic mass is 9.85. The summed E-state index contributed by atoms with van der Waals surface area (Å²) in [6.07, 6.45) is 0.889. The van der Waals surface area contributed by atoms with E-state index in [-0.39, 0.29) is 18.0 Å². The van der Waals surface area contributed by atoms with Crippen molar-refractivity contribution in [1.82, 2.24) is 0 Å². The average Bonchev–Trinajstić information content (AvgIpc) is 2.30. The minimum absolute atomic E-state index is 0.0626. The van der Waals surface area contributed by atoms with Crippen molar-refractivity contribution in [2.24, 2.45) is 0 Å². The highest BCUT2D eigenvalue weighted by Gasteiger charge is 2.34. The van der Waals surface area contributed by atoms with Gasteiger partial charge in [-0.05, 0) is 31.4 Å². The first kappa shape index (κ1) is 12.0. The highest BCUT2D eigenvalue weighted by atomic mass is 16.5. The number of fused-ring (bicyclic) bond motifs is 1. The fourth-order valence-electron chi connectivity index (χ4n) is 2.60. The molecule has 3 heteroatoms. The lowest BCUT2D eigenvalue weighted by Gasteiger charge is -2.31. The van der Waals surface area contributed by atoms with Gasteiger partial charge in [0.2, 0.25) is 0 Å². The molecule has 0 saturated heterocycles. The van der Waals surface area contributed by atoms with E-state index in [1.54, 1.807) is 7.11 Å². The van der Waals surface area contributed by atoms with Crippen LogP contribution < -0.4 is 4.74 Å². The van der Waals surface area contributed by atoms with E-state index < -0.39 is 0 Å². The standard InChI is InChI=1S/C14H18O3/c1-5-10-9(3)17-14(15)12-11(10)7-6-8(2)13(12)16-4/h6-7,9-10H,5H2,1-4H3/t9-,10-/m0/s1. The van der Waals surface area contributed by atoms with Gasteiger partial charge in [-0.25, -0.2) is 4.79 Å². The number of benzene rings is 1. The molecule has 0 fully saturated rings. The van der Waals surface area contributed by atoms with Crippen LogP contribution in [0.15, 0.2) is 12.1 Å². The van der Waals surface area contributed by atoms with Crippen LogP contribution in [-0.4, -0.2) is 19.2 Å². The second-order valence-corrected chi connectivity index (χ2v) is 4.51. The number of carbonyl (C=O) groups is 1. The highest BCUT2D eigenvalue weighted by Crippen LogP contribution is 2.39. The molecule has 0 N–H and O–H groups in total. The Labute approximate surface area is 102 Å². The Morgan fingerprint density at radius 2 is 2.12 bits per heavy atom. The molecule has 1 aliphatic heterocycles. The van der Waals surface area contributed by atoms with Crippen LogP contribution in [0.3, 0.4) is 0 Å². The summed E-state index contributed by atoms with van der Waals surface area (Å²) in [7, 11) is 1.59. The number of ether oxygens (including phenoxy) is 2. The number of hydrogen-bond donors (Lipinski definition) is 0. The summed E-state index contributed by atoms with van der Waals surface area (Å²) >= 11 is 0. The van der Waals surface area contributed by atoms with Crippen LogP contribution in [0.5, 0.6) is 5.75 Å². The third-order valence-corrected chi connectivity index (χ3v) is 3.49. The number of methoxy groups -OCH3 is 1. The van der Waals surface area contributed by atoms with Gasteiger partial charge in [-0.2, -0.15) is 0 Å². The van der Waals surface area contributed by atoms with Gasteiger partial charge in [0.05, 0.1) is 7.11 Å². The average molecular weight is 234 g/mol. The second-order valence-electron chi connectivity index (χ2n) is 4.51. The Morgan fingerprint density at radius 3 is 2.71 bits per heavy atom. The van der Waals surface area contributed by atoms with Gasteiger partial charge in [-0.1, -0.05) is 19.1 Å². The van der Waals surface area contributed by atoms with E-state index in [2.05, 4.69) is 6.92 Å². The smallest absolute Gasteiger partial charge is 0.342 e. The molecule has 0 aliphatic carbocycles. The molecule has 0 saturated carbocycles. The van der Waals surface area contributed by atoms with Crippen molar-refractivity contribution in [3.8, 4) is 5.75 Å². The van der Waals surface area contributed by atoms with Crippen molar-refractivity contribution in [2.45, 2.75) is 39.2 Å². The Hall–Kier alpha value is -1.51. The van der Waals surface area contributed by atoms with E-state index in [0.717, 1.165) is 17.5 Å². The van der Waals surface area contributed by atoms with Crippen molar-refractivity contribution in [3.63, 3.8) is 0 Å². The molecule has 1 aliphatic rings. The van der Waals surface area contributed by atoms with Crippen LogP contribution in [0.2, 0.25) is 0 Å². The molecule has 0 amide bonds. The van der Waals surface area contributed by atoms with Crippen molar-refractivity contribution in [1.29, 1.82) is 0 Å². The third-order valence-electron chi connectivity index (χ3n) is 3.49. The molecule has 17 heavy (non-hydrogen) atoms. The lowest BCUT2D eigenvalue weighted by Crippen LogP contribution is -2.30. The molecule has 0 radical (unpaired) electrons. The highest BCUT2D eigenvalue weighted by molar-refractivity contribution is 5.96. The van der Waals surface area contributed by atoms with Gasteiger partial charge in [0.15, 0.2) is 0 Å². The minimum atomic E-state index is -0.266. The molecule has 1 aromatic rings. The summed E-state index contributed by atoms with van der Waals surface area (Å²) in [5.74, 6) is 0.646. The molecular formula is C14H18O3. The molecular weight excluding hydrogens is 216 g/mol. The summed E-state index contributed by atoms with van der Waals surface area (Å²) in [5.41, 5.74) is 2.63. The largest absolute Gasteiger partial charge is 0.496 e. The Bertz CT molecular complexity index is 451. The summed E-state index contributed by atoms with van der Waals surface area (Å²) in [6.45, 7) is 5.99. The molecule has 0 unspecified atom stereocenters. The second kappa shape index (κ2) is 4.40. The van der Waals surface area contributed by atoms with Gasteiger partial charge in [0.25, 0.3) is 0 Å². The van der Waals surface area contributed by atoms with E-state index in [0.29, 0.717) is 11.3 Å². The maximum atomic E-state index is 12.0. The van der Waals surface area contributed by atoms with Crippen LogP contribution in [0.4, 0.5) is 0 Å². The van der Waals surface area contributed by atoms with E-state index in [1.807, 2.05) is 26.0 Å².